The Labute approximate surface area is 112 Å². The molecule has 5 heteroatoms. The van der Waals surface area contributed by atoms with Gasteiger partial charge in [-0.15, -0.1) is 0 Å². The molecule has 0 aromatic heterocycles. The Morgan fingerprint density at radius 2 is 2.39 bits per heavy atom. The third-order valence-electron chi connectivity index (χ3n) is 3.43. The van der Waals surface area contributed by atoms with Crippen LogP contribution in [0, 0.1) is 0 Å². The number of nitrogen functional groups attached to an aromatic ring is 1. The SMILES string of the molecule is CNC(=O)C1CCCN1Cc1c(N)cccc1Cl. The first-order chi connectivity index (χ1) is 8.63. The van der Waals surface area contributed by atoms with E-state index in [1.54, 1.807) is 7.05 Å². The summed E-state index contributed by atoms with van der Waals surface area (Å²) in [4.78, 5) is 13.9. The summed E-state index contributed by atoms with van der Waals surface area (Å²) in [5.41, 5.74) is 7.54. The van der Waals surface area contributed by atoms with Gasteiger partial charge in [0.2, 0.25) is 5.91 Å². The molecule has 3 N–H and O–H groups in total. The first kappa shape index (κ1) is 13.2. The number of hydrogen-bond donors (Lipinski definition) is 2. The molecular weight excluding hydrogens is 250 g/mol. The second kappa shape index (κ2) is 5.59. The van der Waals surface area contributed by atoms with Crippen LogP contribution in [0.25, 0.3) is 0 Å². The minimum Gasteiger partial charge on any atom is -0.398 e. The van der Waals surface area contributed by atoms with Crippen molar-refractivity contribution in [2.24, 2.45) is 0 Å². The topological polar surface area (TPSA) is 58.4 Å². The first-order valence-corrected chi connectivity index (χ1v) is 6.49. The second-order valence-electron chi connectivity index (χ2n) is 4.55. The van der Waals surface area contributed by atoms with Crippen LogP contribution in [0.1, 0.15) is 18.4 Å². The standard InChI is InChI=1S/C13H18ClN3O/c1-16-13(18)12-6-3-7-17(12)8-9-10(14)4-2-5-11(9)15/h2,4-5,12H,3,6-8,15H2,1H3,(H,16,18). The molecule has 1 aromatic carbocycles. The van der Waals surface area contributed by atoms with Gasteiger partial charge < -0.3 is 11.1 Å². The average Bonchev–Trinajstić information content (AvgIpc) is 2.81. The third kappa shape index (κ3) is 2.60. The van der Waals surface area contributed by atoms with Gasteiger partial charge in [0.25, 0.3) is 0 Å². The highest BCUT2D eigenvalue weighted by Crippen LogP contribution is 2.27. The predicted octanol–water partition coefficient (Wildman–Crippen LogP) is 1.63. The van der Waals surface area contributed by atoms with Gasteiger partial charge in [-0.2, -0.15) is 0 Å². The molecule has 4 nitrogen and oxygen atoms in total. The summed E-state index contributed by atoms with van der Waals surface area (Å²) >= 11 is 6.16. The normalized spacial score (nSPS) is 20.0. The number of likely N-dealkylation sites (tertiary alicyclic amines) is 1. The monoisotopic (exact) mass is 267 g/mol. The molecular formula is C13H18ClN3O. The Hall–Kier alpha value is -1.26. The van der Waals surface area contributed by atoms with Crippen LogP contribution in [-0.2, 0) is 11.3 Å². The lowest BCUT2D eigenvalue weighted by atomic mass is 10.1. The van der Waals surface area contributed by atoms with Crippen molar-refractivity contribution in [3.05, 3.63) is 28.8 Å². The van der Waals surface area contributed by atoms with Crippen molar-refractivity contribution in [2.45, 2.75) is 25.4 Å². The number of anilines is 1. The van der Waals surface area contributed by atoms with E-state index in [1.165, 1.54) is 0 Å². The Kier molecular flexibility index (Phi) is 4.09. The largest absolute Gasteiger partial charge is 0.398 e. The molecule has 0 radical (unpaired) electrons. The van der Waals surface area contributed by atoms with Crippen molar-refractivity contribution in [3.8, 4) is 0 Å². The van der Waals surface area contributed by atoms with Crippen molar-refractivity contribution < 1.29 is 4.79 Å². The number of nitrogens with two attached hydrogens (primary N) is 1. The van der Waals surface area contributed by atoms with Gasteiger partial charge in [0.1, 0.15) is 0 Å². The van der Waals surface area contributed by atoms with Gasteiger partial charge in [0.05, 0.1) is 6.04 Å². The zero-order chi connectivity index (χ0) is 13.1. The van der Waals surface area contributed by atoms with Crippen LogP contribution in [0.4, 0.5) is 5.69 Å². The highest BCUT2D eigenvalue weighted by molar-refractivity contribution is 6.31. The molecule has 1 aliphatic rings. The van der Waals surface area contributed by atoms with E-state index in [0.717, 1.165) is 24.9 Å². The van der Waals surface area contributed by atoms with E-state index in [4.69, 9.17) is 17.3 Å². The Morgan fingerprint density at radius 3 is 3.06 bits per heavy atom. The number of likely N-dealkylation sites (N-methyl/N-ethyl adjacent to an activating group) is 1. The van der Waals surface area contributed by atoms with E-state index in [9.17, 15) is 4.79 Å². The number of halogens is 1. The summed E-state index contributed by atoms with van der Waals surface area (Å²) in [6.07, 6.45) is 1.92. The Bertz CT molecular complexity index is 430. The molecule has 98 valence electrons. The molecule has 0 saturated carbocycles. The fourth-order valence-corrected chi connectivity index (χ4v) is 2.67. The number of carbonyl (C=O) groups excluding carboxylic acids is 1. The van der Waals surface area contributed by atoms with Gasteiger partial charge in [-0.05, 0) is 31.5 Å². The highest BCUT2D eigenvalue weighted by atomic mass is 35.5. The van der Waals surface area contributed by atoms with E-state index in [2.05, 4.69) is 10.2 Å². The van der Waals surface area contributed by atoms with Crippen LogP contribution >= 0.6 is 11.6 Å². The van der Waals surface area contributed by atoms with Gasteiger partial charge in [-0.25, -0.2) is 0 Å². The number of nitrogens with one attached hydrogen (secondary N) is 1. The van der Waals surface area contributed by atoms with Crippen molar-refractivity contribution in [2.75, 3.05) is 19.3 Å². The smallest absolute Gasteiger partial charge is 0.237 e. The quantitative estimate of drug-likeness (QED) is 0.819. The number of amides is 1. The van der Waals surface area contributed by atoms with Gasteiger partial charge in [0, 0.05) is 29.9 Å². The van der Waals surface area contributed by atoms with Gasteiger partial charge in [0.15, 0.2) is 0 Å². The van der Waals surface area contributed by atoms with Gasteiger partial charge in [-0.3, -0.25) is 9.69 Å². The number of hydrogen-bond acceptors (Lipinski definition) is 3. The predicted molar refractivity (Wildman–Crippen MR) is 73.4 cm³/mol. The summed E-state index contributed by atoms with van der Waals surface area (Å²) < 4.78 is 0. The van der Waals surface area contributed by atoms with Crippen molar-refractivity contribution >= 4 is 23.2 Å². The molecule has 1 amide bonds. The minimum atomic E-state index is -0.0642. The van der Waals surface area contributed by atoms with E-state index in [0.29, 0.717) is 17.3 Å². The molecule has 1 fully saturated rings. The fourth-order valence-electron chi connectivity index (χ4n) is 2.42. The molecule has 1 unspecified atom stereocenters. The Balaban J connectivity index is 2.16. The third-order valence-corrected chi connectivity index (χ3v) is 3.78. The molecule has 2 rings (SSSR count). The molecule has 0 bridgehead atoms. The zero-order valence-electron chi connectivity index (χ0n) is 10.4. The van der Waals surface area contributed by atoms with Crippen LogP contribution in [0.2, 0.25) is 5.02 Å². The summed E-state index contributed by atoms with van der Waals surface area (Å²) in [6, 6.07) is 5.44. The fraction of sp³-hybridized carbons (Fsp3) is 0.462. The lowest BCUT2D eigenvalue weighted by Crippen LogP contribution is -2.41. The minimum absolute atomic E-state index is 0.0642. The van der Waals surface area contributed by atoms with E-state index in [-0.39, 0.29) is 11.9 Å². The lowest BCUT2D eigenvalue weighted by molar-refractivity contribution is -0.125. The maximum atomic E-state index is 11.8. The molecule has 1 atom stereocenters. The van der Waals surface area contributed by atoms with Crippen molar-refractivity contribution in [1.82, 2.24) is 10.2 Å². The second-order valence-corrected chi connectivity index (χ2v) is 4.96. The average molecular weight is 268 g/mol. The molecule has 1 heterocycles. The van der Waals surface area contributed by atoms with E-state index >= 15 is 0 Å². The van der Waals surface area contributed by atoms with Gasteiger partial charge >= 0.3 is 0 Å². The molecule has 1 saturated heterocycles. The lowest BCUT2D eigenvalue weighted by Gasteiger charge is -2.24. The number of nitrogens with zero attached hydrogens (tertiary/aromatic N) is 1. The number of benzene rings is 1. The van der Waals surface area contributed by atoms with E-state index < -0.39 is 0 Å². The van der Waals surface area contributed by atoms with E-state index in [1.807, 2.05) is 18.2 Å². The van der Waals surface area contributed by atoms with Crippen molar-refractivity contribution in [1.29, 1.82) is 0 Å². The zero-order valence-corrected chi connectivity index (χ0v) is 11.2. The van der Waals surface area contributed by atoms with Crippen LogP contribution in [0.5, 0.6) is 0 Å². The summed E-state index contributed by atoms with van der Waals surface area (Å²) in [6.45, 7) is 1.53. The molecule has 0 spiro atoms. The summed E-state index contributed by atoms with van der Waals surface area (Å²) in [5.74, 6) is 0.0677. The van der Waals surface area contributed by atoms with Crippen LogP contribution < -0.4 is 11.1 Å². The maximum absolute atomic E-state index is 11.8. The number of carbonyl (C=O) groups is 1. The summed E-state index contributed by atoms with van der Waals surface area (Å²) in [7, 11) is 1.67. The molecule has 18 heavy (non-hydrogen) atoms. The van der Waals surface area contributed by atoms with Gasteiger partial charge in [-0.1, -0.05) is 17.7 Å². The highest BCUT2D eigenvalue weighted by Gasteiger charge is 2.30. The molecule has 1 aliphatic heterocycles. The first-order valence-electron chi connectivity index (χ1n) is 6.12. The molecule has 0 aliphatic carbocycles. The van der Waals surface area contributed by atoms with Crippen LogP contribution in [0.3, 0.4) is 0 Å². The van der Waals surface area contributed by atoms with Crippen molar-refractivity contribution in [3.63, 3.8) is 0 Å². The van der Waals surface area contributed by atoms with Crippen LogP contribution in [-0.4, -0.2) is 30.4 Å². The Morgan fingerprint density at radius 1 is 1.61 bits per heavy atom. The summed E-state index contributed by atoms with van der Waals surface area (Å²) in [5, 5.41) is 3.37. The maximum Gasteiger partial charge on any atom is 0.237 e. The number of rotatable bonds is 3. The van der Waals surface area contributed by atoms with Crippen LogP contribution in [0.15, 0.2) is 18.2 Å². The molecule has 1 aromatic rings.